The van der Waals surface area contributed by atoms with Crippen molar-refractivity contribution in [1.29, 1.82) is 0 Å². The molecule has 1 atom stereocenters. The Balaban J connectivity index is 1.57. The third-order valence-corrected chi connectivity index (χ3v) is 5.14. The summed E-state index contributed by atoms with van der Waals surface area (Å²) in [4.78, 5) is 20.1. The molecule has 0 saturated heterocycles. The van der Waals surface area contributed by atoms with Crippen LogP contribution in [0, 0.1) is 0 Å². The number of oxime groups is 1. The topological polar surface area (TPSA) is 63.2 Å². The first kappa shape index (κ1) is 19.3. The van der Waals surface area contributed by atoms with Gasteiger partial charge in [0.25, 0.3) is 0 Å². The minimum absolute atomic E-state index is 0.0452. The lowest BCUT2D eigenvalue weighted by atomic mass is 9.96. The molecule has 2 amide bonds. The summed E-state index contributed by atoms with van der Waals surface area (Å²) in [5, 5.41) is 7.40. The minimum atomic E-state index is -0.165. The van der Waals surface area contributed by atoms with Crippen molar-refractivity contribution in [3.8, 4) is 5.75 Å². The van der Waals surface area contributed by atoms with Crippen LogP contribution in [0.15, 0.2) is 42.1 Å². The maximum atomic E-state index is 12.7. The zero-order valence-electron chi connectivity index (χ0n) is 16.0. The molecule has 1 aliphatic heterocycles. The molecule has 1 heterocycles. The molecule has 1 saturated carbocycles. The second kappa shape index (κ2) is 9.44. The second-order valence-corrected chi connectivity index (χ2v) is 7.15. The molecule has 0 radical (unpaired) electrons. The molecule has 6 nitrogen and oxygen atoms in total. The summed E-state index contributed by atoms with van der Waals surface area (Å²) >= 11 is 0. The van der Waals surface area contributed by atoms with Crippen molar-refractivity contribution in [3.05, 3.63) is 42.5 Å². The van der Waals surface area contributed by atoms with E-state index in [-0.39, 0.29) is 18.2 Å². The molecule has 27 heavy (non-hydrogen) atoms. The van der Waals surface area contributed by atoms with Crippen LogP contribution < -0.4 is 10.1 Å². The monoisotopic (exact) mass is 371 g/mol. The number of hydrogen-bond acceptors (Lipinski definition) is 4. The van der Waals surface area contributed by atoms with Crippen molar-refractivity contribution in [2.75, 3.05) is 20.2 Å². The van der Waals surface area contributed by atoms with E-state index < -0.39 is 0 Å². The highest BCUT2D eigenvalue weighted by atomic mass is 16.6. The molecule has 1 aromatic rings. The SMILES string of the molecule is C=CCN(CC1CC(c2ccccc2OC)=NO1)C(=O)NC1CCCCC1. The van der Waals surface area contributed by atoms with Crippen molar-refractivity contribution in [2.24, 2.45) is 5.16 Å². The van der Waals surface area contributed by atoms with E-state index in [1.54, 1.807) is 18.1 Å². The Morgan fingerprint density at radius 3 is 2.89 bits per heavy atom. The Kier molecular flexibility index (Phi) is 6.74. The van der Waals surface area contributed by atoms with Crippen molar-refractivity contribution in [2.45, 2.75) is 50.7 Å². The van der Waals surface area contributed by atoms with Crippen LogP contribution in [0.2, 0.25) is 0 Å². The van der Waals surface area contributed by atoms with Crippen LogP contribution in [-0.4, -0.2) is 49.0 Å². The molecular weight excluding hydrogens is 342 g/mol. The highest BCUT2D eigenvalue weighted by molar-refractivity contribution is 6.03. The van der Waals surface area contributed by atoms with E-state index in [2.05, 4.69) is 17.1 Å². The molecule has 1 N–H and O–H groups in total. The first-order valence-corrected chi connectivity index (χ1v) is 9.73. The van der Waals surface area contributed by atoms with E-state index in [0.29, 0.717) is 19.5 Å². The fourth-order valence-corrected chi connectivity index (χ4v) is 3.72. The van der Waals surface area contributed by atoms with Crippen LogP contribution in [0.3, 0.4) is 0 Å². The standard InChI is InChI=1S/C21H29N3O3/c1-3-13-24(21(25)22-16-9-5-4-6-10-16)15-17-14-19(23-27-17)18-11-7-8-12-20(18)26-2/h3,7-8,11-12,16-17H,1,4-6,9-10,13-15H2,2H3,(H,22,25). The number of hydrogen-bond donors (Lipinski definition) is 1. The molecule has 1 unspecified atom stereocenters. The average Bonchev–Trinajstić information content (AvgIpc) is 3.17. The molecule has 2 aliphatic rings. The van der Waals surface area contributed by atoms with Gasteiger partial charge < -0.3 is 19.8 Å². The van der Waals surface area contributed by atoms with E-state index in [4.69, 9.17) is 9.57 Å². The van der Waals surface area contributed by atoms with Gasteiger partial charge in [-0.25, -0.2) is 4.79 Å². The number of carbonyl (C=O) groups excluding carboxylic acids is 1. The largest absolute Gasteiger partial charge is 0.496 e. The van der Waals surface area contributed by atoms with Crippen LogP contribution in [0.5, 0.6) is 5.75 Å². The lowest BCUT2D eigenvalue weighted by Gasteiger charge is -2.28. The number of methoxy groups -OCH3 is 1. The maximum absolute atomic E-state index is 12.7. The molecule has 1 aromatic carbocycles. The summed E-state index contributed by atoms with van der Waals surface area (Å²) in [6.07, 6.45) is 8.00. The quantitative estimate of drug-likeness (QED) is 0.743. The van der Waals surface area contributed by atoms with Crippen LogP contribution in [0.25, 0.3) is 0 Å². The number of rotatable bonds is 7. The Morgan fingerprint density at radius 2 is 2.15 bits per heavy atom. The fraction of sp³-hybridized carbons (Fsp3) is 0.524. The van der Waals surface area contributed by atoms with Gasteiger partial charge in [-0.05, 0) is 25.0 Å². The molecule has 146 valence electrons. The number of amides is 2. The summed E-state index contributed by atoms with van der Waals surface area (Å²) in [7, 11) is 1.65. The van der Waals surface area contributed by atoms with Gasteiger partial charge in [-0.2, -0.15) is 0 Å². The van der Waals surface area contributed by atoms with Gasteiger partial charge in [-0.1, -0.05) is 42.6 Å². The number of benzene rings is 1. The van der Waals surface area contributed by atoms with Gasteiger partial charge in [-0.15, -0.1) is 6.58 Å². The lowest BCUT2D eigenvalue weighted by Crippen LogP contribution is -2.48. The molecule has 3 rings (SSSR count). The molecule has 0 aromatic heterocycles. The summed E-state index contributed by atoms with van der Waals surface area (Å²) in [6, 6.07) is 8.00. The van der Waals surface area contributed by atoms with Gasteiger partial charge in [0.1, 0.15) is 5.75 Å². The van der Waals surface area contributed by atoms with Crippen molar-refractivity contribution in [1.82, 2.24) is 10.2 Å². The van der Waals surface area contributed by atoms with E-state index in [1.165, 1.54) is 19.3 Å². The zero-order valence-corrected chi connectivity index (χ0v) is 16.0. The van der Waals surface area contributed by atoms with E-state index in [9.17, 15) is 4.79 Å². The summed E-state index contributed by atoms with van der Waals surface area (Å²) in [6.45, 7) is 4.75. The third-order valence-electron chi connectivity index (χ3n) is 5.14. The van der Waals surface area contributed by atoms with E-state index in [0.717, 1.165) is 29.9 Å². The molecular formula is C21H29N3O3. The van der Waals surface area contributed by atoms with Gasteiger partial charge in [0.2, 0.25) is 0 Å². The zero-order chi connectivity index (χ0) is 19.1. The van der Waals surface area contributed by atoms with Gasteiger partial charge in [0.05, 0.1) is 19.4 Å². The Morgan fingerprint density at radius 1 is 1.37 bits per heavy atom. The van der Waals surface area contributed by atoms with Gasteiger partial charge >= 0.3 is 6.03 Å². The first-order valence-electron chi connectivity index (χ1n) is 9.73. The predicted octanol–water partition coefficient (Wildman–Crippen LogP) is 3.72. The summed E-state index contributed by atoms with van der Waals surface area (Å²) < 4.78 is 5.41. The molecule has 1 aliphatic carbocycles. The van der Waals surface area contributed by atoms with Gasteiger partial charge in [0.15, 0.2) is 6.10 Å². The highest BCUT2D eigenvalue weighted by Gasteiger charge is 2.28. The van der Waals surface area contributed by atoms with Crippen LogP contribution in [0.1, 0.15) is 44.1 Å². The first-order chi connectivity index (χ1) is 13.2. The number of nitrogens with one attached hydrogen (secondary N) is 1. The fourth-order valence-electron chi connectivity index (χ4n) is 3.72. The molecule has 0 bridgehead atoms. The number of carbonyl (C=O) groups is 1. The lowest BCUT2D eigenvalue weighted by molar-refractivity contribution is 0.0623. The Hall–Kier alpha value is -2.50. The predicted molar refractivity (Wildman–Crippen MR) is 106 cm³/mol. The smallest absolute Gasteiger partial charge is 0.318 e. The number of ether oxygens (including phenoxy) is 1. The number of nitrogens with zero attached hydrogens (tertiary/aromatic N) is 2. The second-order valence-electron chi connectivity index (χ2n) is 7.15. The molecule has 1 fully saturated rings. The molecule has 0 spiro atoms. The van der Waals surface area contributed by atoms with Gasteiger partial charge in [-0.3, -0.25) is 0 Å². The van der Waals surface area contributed by atoms with Crippen molar-refractivity contribution < 1.29 is 14.4 Å². The Labute approximate surface area is 161 Å². The molecule has 6 heteroatoms. The number of urea groups is 1. The van der Waals surface area contributed by atoms with Crippen molar-refractivity contribution >= 4 is 11.7 Å². The van der Waals surface area contributed by atoms with E-state index in [1.807, 2.05) is 24.3 Å². The van der Waals surface area contributed by atoms with Crippen LogP contribution in [-0.2, 0) is 4.84 Å². The van der Waals surface area contributed by atoms with Crippen LogP contribution >= 0.6 is 0 Å². The van der Waals surface area contributed by atoms with Crippen LogP contribution in [0.4, 0.5) is 4.79 Å². The normalized spacial score (nSPS) is 19.7. The Bertz CT molecular complexity index is 683. The van der Waals surface area contributed by atoms with E-state index >= 15 is 0 Å². The summed E-state index contributed by atoms with van der Waals surface area (Å²) in [5.74, 6) is 0.776. The van der Waals surface area contributed by atoms with Gasteiger partial charge in [0, 0.05) is 24.6 Å². The average molecular weight is 371 g/mol. The highest BCUT2D eigenvalue weighted by Crippen LogP contribution is 2.25. The minimum Gasteiger partial charge on any atom is -0.496 e. The maximum Gasteiger partial charge on any atom is 0.318 e. The van der Waals surface area contributed by atoms with Crippen molar-refractivity contribution in [3.63, 3.8) is 0 Å². The number of para-hydroxylation sites is 1. The third kappa shape index (κ3) is 5.02. The summed E-state index contributed by atoms with van der Waals surface area (Å²) in [5.41, 5.74) is 1.79.